The number of benzene rings is 2. The summed E-state index contributed by atoms with van der Waals surface area (Å²) in [6, 6.07) is 16.5. The molecule has 1 fully saturated rings. The molecule has 2 aromatic rings. The molecule has 0 bridgehead atoms. The molecule has 1 aliphatic rings. The Morgan fingerprint density at radius 1 is 1.20 bits per heavy atom. The summed E-state index contributed by atoms with van der Waals surface area (Å²) in [5.41, 5.74) is 3.51. The second-order valence-corrected chi connectivity index (χ2v) is 6.43. The lowest BCUT2D eigenvalue weighted by Gasteiger charge is -2.36. The van der Waals surface area contributed by atoms with Gasteiger partial charge >= 0.3 is 0 Å². The Labute approximate surface area is 149 Å². The highest BCUT2D eigenvalue weighted by atomic mass is 16.5. The Balaban J connectivity index is 1.76. The molecule has 0 radical (unpaired) electrons. The first-order chi connectivity index (χ1) is 12.2. The topological polar surface area (TPSA) is 41.6 Å². The average Bonchev–Trinajstić information content (AvgIpc) is 2.68. The van der Waals surface area contributed by atoms with Crippen LogP contribution in [-0.2, 0) is 17.6 Å². The first-order valence-corrected chi connectivity index (χ1v) is 8.93. The van der Waals surface area contributed by atoms with Crippen molar-refractivity contribution >= 4 is 5.91 Å². The summed E-state index contributed by atoms with van der Waals surface area (Å²) in [5.74, 6) is 0.955. The van der Waals surface area contributed by atoms with E-state index in [2.05, 4.69) is 36.5 Å². The number of rotatable bonds is 5. The summed E-state index contributed by atoms with van der Waals surface area (Å²) in [6.45, 7) is 4.53. The molecule has 4 nitrogen and oxygen atoms in total. The Morgan fingerprint density at radius 3 is 2.72 bits per heavy atom. The maximum Gasteiger partial charge on any atom is 0.227 e. The van der Waals surface area contributed by atoms with Gasteiger partial charge in [-0.15, -0.1) is 0 Å². The summed E-state index contributed by atoms with van der Waals surface area (Å²) >= 11 is 0. The normalized spacial score (nSPS) is 17.4. The van der Waals surface area contributed by atoms with E-state index in [0.717, 1.165) is 37.4 Å². The number of methoxy groups -OCH3 is 1. The van der Waals surface area contributed by atoms with Gasteiger partial charge < -0.3 is 15.0 Å². The van der Waals surface area contributed by atoms with Gasteiger partial charge in [0.05, 0.1) is 19.6 Å². The van der Waals surface area contributed by atoms with Crippen LogP contribution in [0.4, 0.5) is 0 Å². The molecule has 2 aromatic carbocycles. The molecular formula is C21H26N2O2. The van der Waals surface area contributed by atoms with Gasteiger partial charge in [-0.3, -0.25) is 4.79 Å². The minimum Gasteiger partial charge on any atom is -0.497 e. The van der Waals surface area contributed by atoms with Crippen LogP contribution in [-0.4, -0.2) is 37.6 Å². The van der Waals surface area contributed by atoms with Crippen LogP contribution in [0.25, 0.3) is 0 Å². The van der Waals surface area contributed by atoms with Crippen LogP contribution in [0.1, 0.15) is 29.7 Å². The average molecular weight is 338 g/mol. The zero-order valence-corrected chi connectivity index (χ0v) is 15.0. The molecule has 25 heavy (non-hydrogen) atoms. The van der Waals surface area contributed by atoms with Crippen LogP contribution < -0.4 is 10.1 Å². The van der Waals surface area contributed by atoms with Crippen molar-refractivity contribution in [3.63, 3.8) is 0 Å². The van der Waals surface area contributed by atoms with Crippen LogP contribution in [0.2, 0.25) is 0 Å². The molecule has 3 rings (SSSR count). The van der Waals surface area contributed by atoms with Gasteiger partial charge in [0, 0.05) is 19.6 Å². The molecule has 1 heterocycles. The first kappa shape index (κ1) is 17.5. The van der Waals surface area contributed by atoms with Gasteiger partial charge in [0.2, 0.25) is 5.91 Å². The number of amides is 1. The fourth-order valence-corrected chi connectivity index (χ4v) is 3.33. The predicted octanol–water partition coefficient (Wildman–Crippen LogP) is 2.97. The number of nitrogens with one attached hydrogen (secondary N) is 1. The molecule has 0 spiro atoms. The highest BCUT2D eigenvalue weighted by Gasteiger charge is 2.27. The first-order valence-electron chi connectivity index (χ1n) is 8.93. The molecule has 0 saturated carbocycles. The summed E-state index contributed by atoms with van der Waals surface area (Å²) in [6.07, 6.45) is 1.43. The molecule has 1 unspecified atom stereocenters. The second kappa shape index (κ2) is 8.17. The minimum atomic E-state index is 0.0952. The van der Waals surface area contributed by atoms with Crippen molar-refractivity contribution in [3.8, 4) is 5.75 Å². The van der Waals surface area contributed by atoms with Crippen molar-refractivity contribution in [2.45, 2.75) is 25.8 Å². The Kier molecular flexibility index (Phi) is 5.71. The Bertz CT molecular complexity index is 712. The van der Waals surface area contributed by atoms with Crippen molar-refractivity contribution in [2.75, 3.05) is 26.7 Å². The molecule has 4 heteroatoms. The number of carbonyl (C=O) groups excluding carboxylic acids is 1. The molecule has 1 atom stereocenters. The highest BCUT2D eigenvalue weighted by molar-refractivity contribution is 5.79. The van der Waals surface area contributed by atoms with E-state index in [1.54, 1.807) is 7.11 Å². The zero-order valence-electron chi connectivity index (χ0n) is 15.0. The van der Waals surface area contributed by atoms with Gasteiger partial charge in [0.15, 0.2) is 0 Å². The number of hydrogen-bond donors (Lipinski definition) is 1. The molecule has 0 aliphatic carbocycles. The van der Waals surface area contributed by atoms with Crippen LogP contribution in [0, 0.1) is 0 Å². The maximum absolute atomic E-state index is 12.9. The van der Waals surface area contributed by atoms with Crippen LogP contribution in [0.5, 0.6) is 5.75 Å². The predicted molar refractivity (Wildman–Crippen MR) is 99.8 cm³/mol. The summed E-state index contributed by atoms with van der Waals surface area (Å²) in [5, 5.41) is 3.41. The fraction of sp³-hybridized carbons (Fsp3) is 0.381. The lowest BCUT2D eigenvalue weighted by atomic mass is 10.00. The van der Waals surface area contributed by atoms with E-state index in [-0.39, 0.29) is 11.9 Å². The number of carbonyl (C=O) groups is 1. The molecule has 1 N–H and O–H groups in total. The monoisotopic (exact) mass is 338 g/mol. The SMILES string of the molecule is CCc1ccc(C2CNCCN2C(=O)Cc2cccc(OC)c2)cc1. The summed E-state index contributed by atoms with van der Waals surface area (Å²) in [4.78, 5) is 14.9. The number of aryl methyl sites for hydroxylation is 1. The standard InChI is InChI=1S/C21H26N2O2/c1-3-16-7-9-18(10-8-16)20-15-22-11-12-23(20)21(24)14-17-5-4-6-19(13-17)25-2/h4-10,13,20,22H,3,11-12,14-15H2,1-2H3. The Morgan fingerprint density at radius 2 is 2.00 bits per heavy atom. The van der Waals surface area contributed by atoms with Gasteiger partial charge in [-0.05, 0) is 35.2 Å². The molecule has 1 saturated heterocycles. The molecule has 1 amide bonds. The number of hydrogen-bond acceptors (Lipinski definition) is 3. The van der Waals surface area contributed by atoms with E-state index < -0.39 is 0 Å². The zero-order chi connectivity index (χ0) is 17.6. The van der Waals surface area contributed by atoms with Crippen molar-refractivity contribution in [1.82, 2.24) is 10.2 Å². The van der Waals surface area contributed by atoms with Gasteiger partial charge in [-0.25, -0.2) is 0 Å². The number of nitrogens with zero attached hydrogens (tertiary/aromatic N) is 1. The third kappa shape index (κ3) is 4.20. The third-order valence-electron chi connectivity index (χ3n) is 4.83. The van der Waals surface area contributed by atoms with Crippen LogP contribution in [0.15, 0.2) is 48.5 Å². The van der Waals surface area contributed by atoms with Crippen LogP contribution in [0.3, 0.4) is 0 Å². The fourth-order valence-electron chi connectivity index (χ4n) is 3.33. The quantitative estimate of drug-likeness (QED) is 0.911. The second-order valence-electron chi connectivity index (χ2n) is 6.43. The molecular weight excluding hydrogens is 312 g/mol. The van der Waals surface area contributed by atoms with E-state index in [0.29, 0.717) is 6.42 Å². The van der Waals surface area contributed by atoms with Crippen molar-refractivity contribution in [2.24, 2.45) is 0 Å². The summed E-state index contributed by atoms with van der Waals surface area (Å²) < 4.78 is 5.26. The molecule has 132 valence electrons. The maximum atomic E-state index is 12.9. The van der Waals surface area contributed by atoms with Gasteiger partial charge in [0.1, 0.15) is 5.75 Å². The Hall–Kier alpha value is -2.33. The third-order valence-corrected chi connectivity index (χ3v) is 4.83. The smallest absolute Gasteiger partial charge is 0.227 e. The van der Waals surface area contributed by atoms with Crippen molar-refractivity contribution in [3.05, 3.63) is 65.2 Å². The molecule has 1 aliphatic heterocycles. The van der Waals surface area contributed by atoms with Gasteiger partial charge in [-0.1, -0.05) is 43.3 Å². The van der Waals surface area contributed by atoms with E-state index in [1.807, 2.05) is 29.2 Å². The van der Waals surface area contributed by atoms with Gasteiger partial charge in [-0.2, -0.15) is 0 Å². The van der Waals surface area contributed by atoms with Gasteiger partial charge in [0.25, 0.3) is 0 Å². The van der Waals surface area contributed by atoms with Crippen molar-refractivity contribution in [1.29, 1.82) is 0 Å². The number of piperazine rings is 1. The summed E-state index contributed by atoms with van der Waals surface area (Å²) in [7, 11) is 1.65. The van der Waals surface area contributed by atoms with E-state index in [4.69, 9.17) is 4.74 Å². The lowest BCUT2D eigenvalue weighted by Crippen LogP contribution is -2.49. The van der Waals surface area contributed by atoms with Crippen LogP contribution >= 0.6 is 0 Å². The van der Waals surface area contributed by atoms with E-state index >= 15 is 0 Å². The van der Waals surface area contributed by atoms with Crippen molar-refractivity contribution < 1.29 is 9.53 Å². The minimum absolute atomic E-state index is 0.0952. The highest BCUT2D eigenvalue weighted by Crippen LogP contribution is 2.24. The van der Waals surface area contributed by atoms with E-state index in [1.165, 1.54) is 11.1 Å². The molecule has 0 aromatic heterocycles. The number of ether oxygens (including phenoxy) is 1. The lowest BCUT2D eigenvalue weighted by molar-refractivity contribution is -0.133. The largest absolute Gasteiger partial charge is 0.497 e. The van der Waals surface area contributed by atoms with E-state index in [9.17, 15) is 4.79 Å².